The largest absolute Gasteiger partial charge is 0.394 e. The molecule has 3 aliphatic rings. The maximum atomic E-state index is 12.8. The zero-order valence-electron chi connectivity index (χ0n) is 27.3. The summed E-state index contributed by atoms with van der Waals surface area (Å²) in [6.07, 6.45) is 2.92. The van der Waals surface area contributed by atoms with Gasteiger partial charge in [0.1, 0.15) is 24.4 Å². The zero-order chi connectivity index (χ0) is 32.9. The van der Waals surface area contributed by atoms with Gasteiger partial charge in [0.15, 0.2) is 6.29 Å². The Hall–Kier alpha value is -1.87. The van der Waals surface area contributed by atoms with Crippen LogP contribution in [0.3, 0.4) is 0 Å². The van der Waals surface area contributed by atoms with Crippen LogP contribution in [0.25, 0.3) is 0 Å². The van der Waals surface area contributed by atoms with Gasteiger partial charge in [0, 0.05) is 39.5 Å². The Morgan fingerprint density at radius 2 is 1.64 bits per heavy atom. The van der Waals surface area contributed by atoms with Crippen LogP contribution in [-0.2, 0) is 28.6 Å². The first-order valence-corrected chi connectivity index (χ1v) is 16.9. The van der Waals surface area contributed by atoms with E-state index in [1.54, 1.807) is 4.90 Å². The Morgan fingerprint density at radius 3 is 2.33 bits per heavy atom. The van der Waals surface area contributed by atoms with E-state index in [0.717, 1.165) is 44.4 Å². The molecule has 7 atom stereocenters. The smallest absolute Gasteiger partial charge is 0.222 e. The Balaban J connectivity index is 1.20. The summed E-state index contributed by atoms with van der Waals surface area (Å²) < 4.78 is 17.3. The number of hydrogen-bond acceptors (Lipinski definition) is 10. The van der Waals surface area contributed by atoms with Gasteiger partial charge in [0.25, 0.3) is 0 Å². The molecule has 0 radical (unpaired) electrons. The number of nitrogens with zero attached hydrogens (tertiary/aromatic N) is 1. The van der Waals surface area contributed by atoms with Crippen molar-refractivity contribution in [3.8, 4) is 0 Å². The number of nitrogens with one attached hydrogen (secondary N) is 2. The quantitative estimate of drug-likeness (QED) is 0.109. The minimum atomic E-state index is -1.36. The molecule has 1 aliphatic carbocycles. The van der Waals surface area contributed by atoms with Crippen LogP contribution in [0.1, 0.15) is 91.4 Å². The first kappa shape index (κ1) is 37.6. The van der Waals surface area contributed by atoms with E-state index in [-0.39, 0.29) is 30.6 Å². The van der Waals surface area contributed by atoms with Crippen molar-refractivity contribution in [3.05, 3.63) is 0 Å². The lowest BCUT2D eigenvalue weighted by atomic mass is 9.75. The number of amides is 3. The number of unbranched alkanes of at least 4 members (excludes halogenated alkanes) is 4. The molecule has 3 rings (SSSR count). The SMILES string of the molecule is CC(=O)NC1C(OCCCCCC(=O)NCCCCCC(=O)N2C[C@H](O)C[C@H]2COC2CC(C(C)C)C2)OC(CO)C(O)C1O. The fourth-order valence-corrected chi connectivity index (χ4v) is 6.30. The predicted octanol–water partition coefficient (Wildman–Crippen LogP) is 0.597. The molecular formula is C32H57N3O10. The number of likely N-dealkylation sites (tertiary alicyclic amines) is 1. The summed E-state index contributed by atoms with van der Waals surface area (Å²) in [5, 5.41) is 45.4. The molecule has 45 heavy (non-hydrogen) atoms. The lowest BCUT2D eigenvalue weighted by Gasteiger charge is -2.42. The second kappa shape index (κ2) is 19.1. The normalized spacial score (nSPS) is 31.6. The Labute approximate surface area is 267 Å². The van der Waals surface area contributed by atoms with Gasteiger partial charge in [-0.25, -0.2) is 0 Å². The number of aliphatic hydroxyl groups is 4. The fraction of sp³-hybridized carbons (Fsp3) is 0.906. The molecule has 2 saturated heterocycles. The molecule has 2 aliphatic heterocycles. The number of hydrogen-bond donors (Lipinski definition) is 6. The third-order valence-electron chi connectivity index (χ3n) is 9.28. The summed E-state index contributed by atoms with van der Waals surface area (Å²) in [7, 11) is 0. The van der Waals surface area contributed by atoms with Gasteiger partial charge in [-0.05, 0) is 56.8 Å². The summed E-state index contributed by atoms with van der Waals surface area (Å²) in [5.41, 5.74) is 0. The number of ether oxygens (including phenoxy) is 3. The van der Waals surface area contributed by atoms with E-state index in [0.29, 0.717) is 57.7 Å². The fourth-order valence-electron chi connectivity index (χ4n) is 6.30. The summed E-state index contributed by atoms with van der Waals surface area (Å²) in [6.45, 7) is 6.93. The van der Waals surface area contributed by atoms with Gasteiger partial charge in [-0.3, -0.25) is 14.4 Å². The van der Waals surface area contributed by atoms with E-state index >= 15 is 0 Å². The van der Waals surface area contributed by atoms with E-state index < -0.39 is 49.3 Å². The van der Waals surface area contributed by atoms with Gasteiger partial charge in [-0.2, -0.15) is 0 Å². The summed E-state index contributed by atoms with van der Waals surface area (Å²) in [4.78, 5) is 38.3. The summed E-state index contributed by atoms with van der Waals surface area (Å²) >= 11 is 0. The number of aliphatic hydroxyl groups excluding tert-OH is 4. The molecule has 0 bridgehead atoms. The van der Waals surface area contributed by atoms with Crippen molar-refractivity contribution in [2.75, 3.05) is 32.9 Å². The van der Waals surface area contributed by atoms with Crippen LogP contribution < -0.4 is 10.6 Å². The second-order valence-corrected chi connectivity index (χ2v) is 13.3. The van der Waals surface area contributed by atoms with Crippen molar-refractivity contribution < 1.29 is 49.0 Å². The van der Waals surface area contributed by atoms with Crippen LogP contribution in [0.5, 0.6) is 0 Å². The molecule has 1 saturated carbocycles. The molecule has 13 heteroatoms. The highest BCUT2D eigenvalue weighted by molar-refractivity contribution is 5.77. The van der Waals surface area contributed by atoms with Crippen LogP contribution >= 0.6 is 0 Å². The van der Waals surface area contributed by atoms with Gasteiger partial charge in [0.05, 0.1) is 31.5 Å². The maximum Gasteiger partial charge on any atom is 0.222 e. The summed E-state index contributed by atoms with van der Waals surface area (Å²) in [5.74, 6) is 1.02. The van der Waals surface area contributed by atoms with Crippen LogP contribution in [-0.4, -0.2) is 125 Å². The maximum absolute atomic E-state index is 12.8. The molecular weight excluding hydrogens is 586 g/mol. The van der Waals surface area contributed by atoms with Crippen LogP contribution in [0, 0.1) is 11.8 Å². The minimum Gasteiger partial charge on any atom is -0.394 e. The van der Waals surface area contributed by atoms with Crippen LogP contribution in [0.2, 0.25) is 0 Å². The van der Waals surface area contributed by atoms with E-state index in [1.165, 1.54) is 6.92 Å². The van der Waals surface area contributed by atoms with Gasteiger partial charge in [-0.1, -0.05) is 26.7 Å². The predicted molar refractivity (Wildman–Crippen MR) is 165 cm³/mol. The molecule has 3 amide bonds. The van der Waals surface area contributed by atoms with E-state index in [4.69, 9.17) is 14.2 Å². The molecule has 0 aromatic heterocycles. The van der Waals surface area contributed by atoms with Crippen molar-refractivity contribution in [3.63, 3.8) is 0 Å². The molecule has 0 spiro atoms. The van der Waals surface area contributed by atoms with Crippen LogP contribution in [0.4, 0.5) is 0 Å². The average molecular weight is 644 g/mol. The highest BCUT2D eigenvalue weighted by atomic mass is 16.7. The Bertz CT molecular complexity index is 918. The first-order chi connectivity index (χ1) is 21.5. The second-order valence-electron chi connectivity index (χ2n) is 13.3. The van der Waals surface area contributed by atoms with Crippen molar-refractivity contribution in [1.29, 1.82) is 0 Å². The summed E-state index contributed by atoms with van der Waals surface area (Å²) in [6, 6.07) is -1.03. The third kappa shape index (κ3) is 12.0. The number of rotatable bonds is 19. The standard InChI is InChI=1S/C32H57N3O10/c1-20(2)22-14-25(15-22)44-19-23-16-24(38)17-35(23)28(40)11-7-4-8-12-33-27(39)10-6-5-9-13-43-32-29(34-21(3)37)31(42)30(41)26(18-36)45-32/h20,22-26,29-32,36,38,41-42H,4-19H2,1-3H3,(H,33,39)(H,34,37)/t22?,23-,24+,25?,26?,29?,30?,31?,32?/m0/s1. The van der Waals surface area contributed by atoms with Gasteiger partial charge in [0.2, 0.25) is 17.7 Å². The molecule has 13 nitrogen and oxygen atoms in total. The highest BCUT2D eigenvalue weighted by Gasteiger charge is 2.45. The van der Waals surface area contributed by atoms with Crippen molar-refractivity contribution in [2.45, 2.75) is 140 Å². The average Bonchev–Trinajstić information content (AvgIpc) is 3.34. The van der Waals surface area contributed by atoms with E-state index in [1.807, 2.05) is 0 Å². The molecule has 0 aromatic rings. The topological polar surface area (TPSA) is 187 Å². The Morgan fingerprint density at radius 1 is 0.933 bits per heavy atom. The van der Waals surface area contributed by atoms with Crippen molar-refractivity contribution >= 4 is 17.7 Å². The Kier molecular flexibility index (Phi) is 15.9. The molecule has 6 N–H and O–H groups in total. The van der Waals surface area contributed by atoms with Gasteiger partial charge >= 0.3 is 0 Å². The van der Waals surface area contributed by atoms with Crippen molar-refractivity contribution in [1.82, 2.24) is 15.5 Å². The lowest BCUT2D eigenvalue weighted by Crippen LogP contribution is -2.64. The highest BCUT2D eigenvalue weighted by Crippen LogP contribution is 2.36. The van der Waals surface area contributed by atoms with Gasteiger partial charge < -0.3 is 50.2 Å². The molecule has 5 unspecified atom stereocenters. The molecule has 3 fully saturated rings. The molecule has 0 aromatic carbocycles. The van der Waals surface area contributed by atoms with E-state index in [9.17, 15) is 34.8 Å². The monoisotopic (exact) mass is 643 g/mol. The van der Waals surface area contributed by atoms with Gasteiger partial charge in [-0.15, -0.1) is 0 Å². The van der Waals surface area contributed by atoms with Crippen molar-refractivity contribution in [2.24, 2.45) is 11.8 Å². The minimum absolute atomic E-state index is 0.0312. The number of carbonyl (C=O) groups excluding carboxylic acids is 3. The van der Waals surface area contributed by atoms with E-state index in [2.05, 4.69) is 24.5 Å². The molecule has 2 heterocycles. The lowest BCUT2D eigenvalue weighted by molar-refractivity contribution is -0.270. The third-order valence-corrected chi connectivity index (χ3v) is 9.28. The zero-order valence-corrected chi connectivity index (χ0v) is 27.3. The molecule has 260 valence electrons. The number of carbonyl (C=O) groups is 3. The van der Waals surface area contributed by atoms with Crippen LogP contribution in [0.15, 0.2) is 0 Å². The first-order valence-electron chi connectivity index (χ1n) is 16.9. The number of β-amino-alcohol motifs (C(OH)–C–C–N with tert-alkyl or cyclic N) is 1.